The second-order valence-electron chi connectivity index (χ2n) is 9.25. The summed E-state index contributed by atoms with van der Waals surface area (Å²) in [5.41, 5.74) is 4.75. The van der Waals surface area contributed by atoms with Crippen molar-refractivity contribution in [1.82, 2.24) is 5.32 Å². The molecule has 0 spiro atoms. The van der Waals surface area contributed by atoms with E-state index in [1.165, 1.54) is 6.92 Å². The van der Waals surface area contributed by atoms with E-state index < -0.39 is 55.3 Å². The smallest absolute Gasteiger partial charge is 0.412 e. The molecule has 1 fully saturated rings. The molecule has 1 heterocycles. The van der Waals surface area contributed by atoms with Gasteiger partial charge in [0.2, 0.25) is 5.91 Å². The predicted molar refractivity (Wildman–Crippen MR) is 135 cm³/mol. The second kappa shape index (κ2) is 12.0. The Labute approximate surface area is 215 Å². The van der Waals surface area contributed by atoms with E-state index in [1.807, 2.05) is 39.8 Å². The highest BCUT2D eigenvalue weighted by atomic mass is 16.7. The van der Waals surface area contributed by atoms with E-state index in [4.69, 9.17) is 14.2 Å². The van der Waals surface area contributed by atoms with Gasteiger partial charge in [-0.05, 0) is 74.2 Å². The zero-order chi connectivity index (χ0) is 27.3. The Hall–Kier alpha value is -3.67. The number of nitrogens with one attached hydrogen (secondary N) is 3. The van der Waals surface area contributed by atoms with Crippen LogP contribution in [0.2, 0.25) is 0 Å². The molecule has 0 aliphatic carbocycles. The van der Waals surface area contributed by atoms with Gasteiger partial charge >= 0.3 is 12.2 Å². The Bertz CT molecular complexity index is 1110. The number of amides is 3. The third-order valence-corrected chi connectivity index (χ3v) is 5.62. The number of hydrogen-bond acceptors (Lipinski definition) is 8. The molecule has 1 saturated heterocycles. The third-order valence-electron chi connectivity index (χ3n) is 5.62. The summed E-state index contributed by atoms with van der Waals surface area (Å²) in [6.07, 6.45) is -7.56. The first-order valence-electron chi connectivity index (χ1n) is 11.8. The number of anilines is 2. The number of ether oxygens (including phenoxy) is 3. The van der Waals surface area contributed by atoms with Gasteiger partial charge in [-0.15, -0.1) is 0 Å². The van der Waals surface area contributed by atoms with Gasteiger partial charge in [0, 0.05) is 18.3 Å². The highest BCUT2D eigenvalue weighted by molar-refractivity contribution is 5.85. The molecule has 0 radical (unpaired) electrons. The average molecular weight is 516 g/mol. The van der Waals surface area contributed by atoms with Gasteiger partial charge in [-0.2, -0.15) is 0 Å². The summed E-state index contributed by atoms with van der Waals surface area (Å²) in [5.74, 6) is -0.536. The summed E-state index contributed by atoms with van der Waals surface area (Å²) in [6.45, 7) is 8.27. The summed E-state index contributed by atoms with van der Waals surface area (Å²) in [7, 11) is 0. The van der Waals surface area contributed by atoms with Crippen LogP contribution in [0.15, 0.2) is 36.4 Å². The first kappa shape index (κ1) is 27.9. The van der Waals surface area contributed by atoms with Gasteiger partial charge in [0.15, 0.2) is 12.4 Å². The van der Waals surface area contributed by atoms with Crippen molar-refractivity contribution in [3.63, 3.8) is 0 Å². The molecule has 0 saturated carbocycles. The van der Waals surface area contributed by atoms with E-state index >= 15 is 0 Å². The molecular weight excluding hydrogens is 482 g/mol. The van der Waals surface area contributed by atoms with E-state index in [1.54, 1.807) is 24.3 Å². The van der Waals surface area contributed by atoms with Crippen LogP contribution >= 0.6 is 0 Å². The van der Waals surface area contributed by atoms with Crippen LogP contribution in [0.5, 0.6) is 0 Å². The lowest BCUT2D eigenvalue weighted by molar-refractivity contribution is -0.252. The highest BCUT2D eigenvalue weighted by Crippen LogP contribution is 2.24. The number of benzene rings is 2. The minimum atomic E-state index is -1.65. The molecule has 37 heavy (non-hydrogen) atoms. The van der Waals surface area contributed by atoms with Crippen molar-refractivity contribution in [2.75, 3.05) is 17.2 Å². The van der Waals surface area contributed by atoms with Gasteiger partial charge in [-0.3, -0.25) is 15.4 Å². The van der Waals surface area contributed by atoms with Gasteiger partial charge < -0.3 is 29.7 Å². The monoisotopic (exact) mass is 515 g/mol. The minimum Gasteiger partial charge on any atom is -0.446 e. The predicted octanol–water partition coefficient (Wildman–Crippen LogP) is 2.67. The molecule has 0 unspecified atom stereocenters. The van der Waals surface area contributed by atoms with Crippen molar-refractivity contribution in [1.29, 1.82) is 0 Å². The zero-order valence-corrected chi connectivity index (χ0v) is 21.4. The Morgan fingerprint density at radius 3 is 1.81 bits per heavy atom. The molecule has 11 heteroatoms. The topological polar surface area (TPSA) is 155 Å². The number of aliphatic hydroxyl groups is 2. The van der Waals surface area contributed by atoms with Crippen LogP contribution in [0, 0.1) is 27.7 Å². The molecule has 3 rings (SSSR count). The van der Waals surface area contributed by atoms with Gasteiger partial charge in [0.1, 0.15) is 24.9 Å². The van der Waals surface area contributed by atoms with E-state index in [2.05, 4.69) is 16.0 Å². The van der Waals surface area contributed by atoms with Gasteiger partial charge in [0.05, 0.1) is 0 Å². The summed E-state index contributed by atoms with van der Waals surface area (Å²) in [4.78, 5) is 36.6. The Morgan fingerprint density at radius 2 is 1.32 bits per heavy atom. The Morgan fingerprint density at radius 1 is 0.838 bits per heavy atom. The van der Waals surface area contributed by atoms with E-state index in [0.29, 0.717) is 11.4 Å². The molecular formula is C26H33N3O8. The van der Waals surface area contributed by atoms with E-state index in [9.17, 15) is 24.6 Å². The molecule has 200 valence electrons. The standard InChI is InChI=1S/C26H33N3O8/c1-13-6-14(2)9-18(8-13)28-25(33)35-12-20-22(31)23(21(24(32)36-20)27-17(5)30)37-26(34)29-19-10-15(3)7-16(4)11-19/h6-11,20-24,31-32H,12H2,1-5H3,(H,27,30)(H,28,33)(H,29,34)/t20-,21-,22-,23-,24-/m1/s1. The maximum absolute atomic E-state index is 12.6. The van der Waals surface area contributed by atoms with E-state index in [0.717, 1.165) is 22.3 Å². The normalized spacial score (nSPS) is 23.1. The van der Waals surface area contributed by atoms with Gasteiger partial charge in [-0.25, -0.2) is 9.59 Å². The van der Waals surface area contributed by atoms with Crippen molar-refractivity contribution in [3.8, 4) is 0 Å². The molecule has 0 bridgehead atoms. The molecule has 5 atom stereocenters. The van der Waals surface area contributed by atoms with Crippen molar-refractivity contribution in [2.24, 2.45) is 0 Å². The number of rotatable bonds is 6. The first-order valence-corrected chi connectivity index (χ1v) is 11.8. The Balaban J connectivity index is 1.68. The van der Waals surface area contributed by atoms with Crippen LogP contribution in [0.3, 0.4) is 0 Å². The van der Waals surface area contributed by atoms with Crippen LogP contribution in [-0.4, -0.2) is 65.6 Å². The molecule has 1 aliphatic rings. The van der Waals surface area contributed by atoms with Crippen molar-refractivity contribution < 1.29 is 38.8 Å². The summed E-state index contributed by atoms with van der Waals surface area (Å²) >= 11 is 0. The number of carbonyl (C=O) groups excluding carboxylic acids is 3. The fourth-order valence-corrected chi connectivity index (χ4v) is 4.28. The molecule has 3 amide bonds. The lowest BCUT2D eigenvalue weighted by Crippen LogP contribution is -2.65. The fourth-order valence-electron chi connectivity index (χ4n) is 4.28. The minimum absolute atomic E-state index is 0.458. The van der Waals surface area contributed by atoms with Crippen molar-refractivity contribution in [3.05, 3.63) is 58.7 Å². The molecule has 1 aliphatic heterocycles. The molecule has 2 aromatic carbocycles. The lowest BCUT2D eigenvalue weighted by atomic mass is 9.96. The maximum atomic E-state index is 12.6. The van der Waals surface area contributed by atoms with Crippen LogP contribution in [0.4, 0.5) is 21.0 Å². The lowest BCUT2D eigenvalue weighted by Gasteiger charge is -2.42. The quantitative estimate of drug-likeness (QED) is 0.393. The van der Waals surface area contributed by atoms with Crippen molar-refractivity contribution >= 4 is 29.5 Å². The highest BCUT2D eigenvalue weighted by Gasteiger charge is 2.48. The fraction of sp³-hybridized carbons (Fsp3) is 0.423. The SMILES string of the molecule is CC(=O)N[C@@H]1[C@@H](OC(=O)Nc2cc(C)cc(C)c2)[C@H](O)[C@@H](COC(=O)Nc2cc(C)cc(C)c2)O[C@H]1O. The largest absolute Gasteiger partial charge is 0.446 e. The van der Waals surface area contributed by atoms with Gasteiger partial charge in [-0.1, -0.05) is 12.1 Å². The molecule has 11 nitrogen and oxygen atoms in total. The van der Waals surface area contributed by atoms with Crippen LogP contribution in [0.25, 0.3) is 0 Å². The number of hydrogen-bond donors (Lipinski definition) is 5. The molecule has 5 N–H and O–H groups in total. The summed E-state index contributed by atoms with van der Waals surface area (Å²) in [5, 5.41) is 29.0. The maximum Gasteiger partial charge on any atom is 0.412 e. The van der Waals surface area contributed by atoms with Gasteiger partial charge in [0.25, 0.3) is 0 Å². The number of aliphatic hydroxyl groups excluding tert-OH is 2. The van der Waals surface area contributed by atoms with Crippen LogP contribution in [0.1, 0.15) is 29.2 Å². The third kappa shape index (κ3) is 7.91. The van der Waals surface area contributed by atoms with Crippen molar-refractivity contribution in [2.45, 2.75) is 65.3 Å². The first-order chi connectivity index (χ1) is 17.4. The summed E-state index contributed by atoms with van der Waals surface area (Å²) in [6, 6.07) is 9.62. The molecule has 2 aromatic rings. The van der Waals surface area contributed by atoms with E-state index in [-0.39, 0.29) is 0 Å². The zero-order valence-electron chi connectivity index (χ0n) is 21.4. The number of aryl methyl sites for hydroxylation is 4. The second-order valence-corrected chi connectivity index (χ2v) is 9.25. The summed E-state index contributed by atoms with van der Waals surface area (Å²) < 4.78 is 16.0. The number of carbonyl (C=O) groups is 3. The van der Waals surface area contributed by atoms with Crippen LogP contribution < -0.4 is 16.0 Å². The van der Waals surface area contributed by atoms with Crippen LogP contribution in [-0.2, 0) is 19.0 Å². The average Bonchev–Trinajstić information content (AvgIpc) is 2.75. The Kier molecular flexibility index (Phi) is 9.09. The molecule has 0 aromatic heterocycles.